The van der Waals surface area contributed by atoms with Gasteiger partial charge in [-0.15, -0.1) is 0 Å². The highest BCUT2D eigenvalue weighted by Gasteiger charge is 2.11. The van der Waals surface area contributed by atoms with Gasteiger partial charge in [0, 0.05) is 18.0 Å². The molecule has 2 nitrogen and oxygen atoms in total. The highest BCUT2D eigenvalue weighted by Crippen LogP contribution is 2.26. The van der Waals surface area contributed by atoms with Crippen LogP contribution in [0.5, 0.6) is 0 Å². The van der Waals surface area contributed by atoms with Crippen LogP contribution >= 0.6 is 11.6 Å². The minimum atomic E-state index is -0.465. The van der Waals surface area contributed by atoms with Gasteiger partial charge in [0.25, 0.3) is 0 Å². The zero-order chi connectivity index (χ0) is 10.6. The molecule has 0 aromatic carbocycles. The number of pyridine rings is 1. The third-order valence-electron chi connectivity index (χ3n) is 2.18. The van der Waals surface area contributed by atoms with Gasteiger partial charge in [0.05, 0.1) is 11.1 Å². The first-order valence-electron chi connectivity index (χ1n) is 4.88. The van der Waals surface area contributed by atoms with Gasteiger partial charge in [0.15, 0.2) is 0 Å². The molecule has 1 N–H and O–H groups in total. The number of aliphatic hydroxyl groups excluding tert-OH is 1. The minimum absolute atomic E-state index is 0.465. The molecule has 0 aliphatic rings. The molecular formula is C11H16ClNO. The Balaban J connectivity index is 2.60. The second-order valence-corrected chi connectivity index (χ2v) is 4.29. The first-order valence-corrected chi connectivity index (χ1v) is 5.26. The lowest BCUT2D eigenvalue weighted by molar-refractivity contribution is 0.159. The van der Waals surface area contributed by atoms with E-state index in [1.165, 1.54) is 0 Å². The van der Waals surface area contributed by atoms with Crippen LogP contribution in [0.25, 0.3) is 0 Å². The number of halogens is 1. The second kappa shape index (κ2) is 5.32. The molecule has 0 bridgehead atoms. The number of aliphatic hydroxyl groups is 1. The van der Waals surface area contributed by atoms with Gasteiger partial charge in [0.1, 0.15) is 0 Å². The smallest absolute Gasteiger partial charge is 0.0805 e. The van der Waals surface area contributed by atoms with Crippen molar-refractivity contribution in [3.63, 3.8) is 0 Å². The van der Waals surface area contributed by atoms with Gasteiger partial charge in [-0.3, -0.25) is 4.98 Å². The Bertz CT molecular complexity index is 288. The predicted octanol–water partition coefficient (Wildman–Crippen LogP) is 3.20. The molecular weight excluding hydrogens is 198 g/mol. The average molecular weight is 214 g/mol. The molecule has 1 aromatic heterocycles. The summed E-state index contributed by atoms with van der Waals surface area (Å²) in [5.74, 6) is 0.602. The first kappa shape index (κ1) is 11.5. The summed E-state index contributed by atoms with van der Waals surface area (Å²) in [6.45, 7) is 4.28. The van der Waals surface area contributed by atoms with Crippen LogP contribution < -0.4 is 0 Å². The van der Waals surface area contributed by atoms with Gasteiger partial charge in [0.2, 0.25) is 0 Å². The second-order valence-electron chi connectivity index (χ2n) is 3.88. The van der Waals surface area contributed by atoms with Gasteiger partial charge in [-0.25, -0.2) is 0 Å². The summed E-state index contributed by atoms with van der Waals surface area (Å²) in [4.78, 5) is 3.88. The van der Waals surface area contributed by atoms with Gasteiger partial charge in [-0.2, -0.15) is 0 Å². The molecule has 78 valence electrons. The molecule has 1 aromatic rings. The predicted molar refractivity (Wildman–Crippen MR) is 58.3 cm³/mol. The Morgan fingerprint density at radius 3 is 2.71 bits per heavy atom. The summed E-state index contributed by atoms with van der Waals surface area (Å²) in [5.41, 5.74) is 0.780. The van der Waals surface area contributed by atoms with Gasteiger partial charge in [-0.05, 0) is 24.8 Å². The van der Waals surface area contributed by atoms with Crippen molar-refractivity contribution in [1.82, 2.24) is 4.98 Å². The molecule has 0 saturated heterocycles. The summed E-state index contributed by atoms with van der Waals surface area (Å²) in [7, 11) is 0. The van der Waals surface area contributed by atoms with Crippen LogP contribution in [0.1, 0.15) is 38.4 Å². The van der Waals surface area contributed by atoms with Crippen LogP contribution in [0.2, 0.25) is 5.02 Å². The molecule has 14 heavy (non-hydrogen) atoms. The van der Waals surface area contributed by atoms with E-state index in [1.807, 2.05) is 0 Å². The molecule has 0 aliphatic heterocycles. The zero-order valence-corrected chi connectivity index (χ0v) is 9.33. The molecule has 0 aliphatic carbocycles. The normalized spacial score (nSPS) is 13.2. The van der Waals surface area contributed by atoms with Crippen LogP contribution in [0.4, 0.5) is 0 Å². The van der Waals surface area contributed by atoms with Crippen molar-refractivity contribution >= 4 is 11.6 Å². The van der Waals surface area contributed by atoms with Crippen LogP contribution in [-0.2, 0) is 0 Å². The zero-order valence-electron chi connectivity index (χ0n) is 8.57. The van der Waals surface area contributed by atoms with E-state index < -0.39 is 6.10 Å². The molecule has 1 heterocycles. The standard InChI is InChI=1S/C11H16ClNO/c1-8(2)3-4-11(14)9-5-6-13-7-10(9)12/h5-8,11,14H,3-4H2,1-2H3. The number of hydrogen-bond acceptors (Lipinski definition) is 2. The fourth-order valence-corrected chi connectivity index (χ4v) is 1.55. The molecule has 1 unspecified atom stereocenters. The van der Waals surface area contributed by atoms with E-state index in [1.54, 1.807) is 18.5 Å². The van der Waals surface area contributed by atoms with Crippen LogP contribution in [-0.4, -0.2) is 10.1 Å². The summed E-state index contributed by atoms with van der Waals surface area (Å²) in [5, 5.41) is 10.4. The summed E-state index contributed by atoms with van der Waals surface area (Å²) in [6.07, 6.45) is 4.50. The number of nitrogens with zero attached hydrogens (tertiary/aromatic N) is 1. The monoisotopic (exact) mass is 213 g/mol. The molecule has 0 amide bonds. The fourth-order valence-electron chi connectivity index (χ4n) is 1.30. The number of aromatic nitrogens is 1. The van der Waals surface area contributed by atoms with E-state index in [9.17, 15) is 5.11 Å². The summed E-state index contributed by atoms with van der Waals surface area (Å²) in [6, 6.07) is 1.77. The van der Waals surface area contributed by atoms with Crippen molar-refractivity contribution in [1.29, 1.82) is 0 Å². The fraction of sp³-hybridized carbons (Fsp3) is 0.545. The van der Waals surface area contributed by atoms with Crippen LogP contribution in [0.15, 0.2) is 18.5 Å². The third-order valence-corrected chi connectivity index (χ3v) is 2.50. The Hall–Kier alpha value is -0.600. The SMILES string of the molecule is CC(C)CCC(O)c1ccncc1Cl. The van der Waals surface area contributed by atoms with Gasteiger partial charge < -0.3 is 5.11 Å². The maximum absolute atomic E-state index is 9.84. The largest absolute Gasteiger partial charge is 0.388 e. The van der Waals surface area contributed by atoms with Crippen molar-refractivity contribution in [2.75, 3.05) is 0 Å². The number of hydrogen-bond donors (Lipinski definition) is 1. The van der Waals surface area contributed by atoms with Crippen molar-refractivity contribution in [2.45, 2.75) is 32.8 Å². The highest BCUT2D eigenvalue weighted by molar-refractivity contribution is 6.31. The quantitative estimate of drug-likeness (QED) is 0.833. The van der Waals surface area contributed by atoms with Crippen LogP contribution in [0.3, 0.4) is 0 Å². The third kappa shape index (κ3) is 3.28. The highest BCUT2D eigenvalue weighted by atomic mass is 35.5. The van der Waals surface area contributed by atoms with E-state index in [4.69, 9.17) is 11.6 Å². The minimum Gasteiger partial charge on any atom is -0.388 e. The molecule has 3 heteroatoms. The van der Waals surface area contributed by atoms with E-state index in [0.717, 1.165) is 18.4 Å². The van der Waals surface area contributed by atoms with Crippen molar-refractivity contribution in [3.8, 4) is 0 Å². The van der Waals surface area contributed by atoms with Crippen molar-refractivity contribution < 1.29 is 5.11 Å². The van der Waals surface area contributed by atoms with E-state index in [2.05, 4.69) is 18.8 Å². The molecule has 0 spiro atoms. The Labute approximate surface area is 89.9 Å². The molecule has 0 saturated carbocycles. The van der Waals surface area contributed by atoms with E-state index in [0.29, 0.717) is 10.9 Å². The van der Waals surface area contributed by atoms with Gasteiger partial charge in [-0.1, -0.05) is 25.4 Å². The lowest BCUT2D eigenvalue weighted by atomic mass is 10.0. The molecule has 1 atom stereocenters. The Morgan fingerprint density at radius 1 is 1.43 bits per heavy atom. The molecule has 0 radical (unpaired) electrons. The summed E-state index contributed by atoms with van der Waals surface area (Å²) >= 11 is 5.91. The maximum atomic E-state index is 9.84. The topological polar surface area (TPSA) is 33.1 Å². The van der Waals surface area contributed by atoms with Crippen molar-refractivity contribution in [2.24, 2.45) is 5.92 Å². The van der Waals surface area contributed by atoms with E-state index >= 15 is 0 Å². The summed E-state index contributed by atoms with van der Waals surface area (Å²) < 4.78 is 0. The van der Waals surface area contributed by atoms with E-state index in [-0.39, 0.29) is 0 Å². The van der Waals surface area contributed by atoms with Crippen LogP contribution in [0, 0.1) is 5.92 Å². The lowest BCUT2D eigenvalue weighted by Crippen LogP contribution is -2.00. The maximum Gasteiger partial charge on any atom is 0.0805 e. The Kier molecular flexibility index (Phi) is 4.36. The van der Waals surface area contributed by atoms with Gasteiger partial charge >= 0.3 is 0 Å². The molecule has 1 rings (SSSR count). The first-order chi connectivity index (χ1) is 6.61. The van der Waals surface area contributed by atoms with Crippen molar-refractivity contribution in [3.05, 3.63) is 29.0 Å². The Morgan fingerprint density at radius 2 is 2.14 bits per heavy atom. The number of rotatable bonds is 4. The average Bonchev–Trinajstić information content (AvgIpc) is 2.15. The lowest BCUT2D eigenvalue weighted by Gasteiger charge is -2.13. The molecule has 0 fully saturated rings.